The summed E-state index contributed by atoms with van der Waals surface area (Å²) in [6.45, 7) is 7.84. The Morgan fingerprint density at radius 3 is 2.59 bits per heavy atom. The highest BCUT2D eigenvalue weighted by atomic mass is 35.5. The largest absolute Gasteiger partial charge is 0.361 e. The zero-order chi connectivity index (χ0) is 16.2. The van der Waals surface area contributed by atoms with E-state index in [9.17, 15) is 4.39 Å². The number of halogens is 2. The Morgan fingerprint density at radius 2 is 1.95 bits per heavy atom. The molecule has 0 aliphatic heterocycles. The molecule has 0 atom stereocenters. The van der Waals surface area contributed by atoms with Gasteiger partial charge in [-0.3, -0.25) is 4.57 Å². The van der Waals surface area contributed by atoms with Gasteiger partial charge in [-0.05, 0) is 18.2 Å². The molecule has 22 heavy (non-hydrogen) atoms. The van der Waals surface area contributed by atoms with E-state index in [4.69, 9.17) is 16.3 Å². The summed E-state index contributed by atoms with van der Waals surface area (Å²) in [6.07, 6.45) is 0. The van der Waals surface area contributed by atoms with E-state index >= 15 is 0 Å². The predicted molar refractivity (Wildman–Crippen MR) is 89.1 cm³/mol. The average molecular weight is 342 g/mol. The third-order valence-corrected chi connectivity index (χ3v) is 5.22. The van der Waals surface area contributed by atoms with Crippen molar-refractivity contribution >= 4 is 19.7 Å². The molecule has 0 spiro atoms. The minimum atomic E-state index is -1.14. The summed E-state index contributed by atoms with van der Waals surface area (Å²) in [5.74, 6) is 0.896. The van der Waals surface area contributed by atoms with Crippen LogP contribution in [-0.2, 0) is 17.3 Å². The number of nitrogens with zero attached hydrogens (tertiary/aromatic N) is 3. The Kier molecular flexibility index (Phi) is 5.72. The van der Waals surface area contributed by atoms with Gasteiger partial charge in [0.05, 0.1) is 11.4 Å². The maximum atomic E-state index is 14.0. The molecule has 0 fully saturated rings. The number of rotatable bonds is 7. The summed E-state index contributed by atoms with van der Waals surface area (Å²) >= 11 is 5.89. The molecule has 1 aromatic carbocycles. The van der Waals surface area contributed by atoms with Crippen LogP contribution in [0.5, 0.6) is 0 Å². The van der Waals surface area contributed by atoms with Crippen molar-refractivity contribution in [1.82, 2.24) is 14.8 Å². The van der Waals surface area contributed by atoms with Crippen LogP contribution in [0, 0.1) is 5.82 Å². The molecule has 4 nitrogen and oxygen atoms in total. The third-order valence-electron chi connectivity index (χ3n) is 3.28. The highest BCUT2D eigenvalue weighted by Crippen LogP contribution is 2.22. The van der Waals surface area contributed by atoms with Gasteiger partial charge in [0, 0.05) is 14.7 Å². The van der Waals surface area contributed by atoms with Crippen molar-refractivity contribution in [3.8, 4) is 11.4 Å². The number of benzene rings is 1. The van der Waals surface area contributed by atoms with Crippen molar-refractivity contribution in [3.05, 3.63) is 35.9 Å². The van der Waals surface area contributed by atoms with Gasteiger partial charge in [0.2, 0.25) is 0 Å². The van der Waals surface area contributed by atoms with Gasteiger partial charge in [-0.15, -0.1) is 21.8 Å². The fraction of sp³-hybridized carbons (Fsp3) is 0.467. The lowest BCUT2D eigenvalue weighted by Gasteiger charge is -2.16. The van der Waals surface area contributed by atoms with E-state index in [0.717, 1.165) is 6.04 Å². The van der Waals surface area contributed by atoms with E-state index in [1.165, 1.54) is 6.07 Å². The second kappa shape index (κ2) is 7.35. The fourth-order valence-electron chi connectivity index (χ4n) is 1.95. The van der Waals surface area contributed by atoms with E-state index in [1.807, 2.05) is 0 Å². The van der Waals surface area contributed by atoms with Crippen molar-refractivity contribution in [3.63, 3.8) is 0 Å². The molecule has 0 saturated heterocycles. The molecule has 0 saturated carbocycles. The topological polar surface area (TPSA) is 39.9 Å². The monoisotopic (exact) mass is 341 g/mol. The average Bonchev–Trinajstić information content (AvgIpc) is 2.86. The Hall–Kier alpha value is -1.24. The molecule has 120 valence electrons. The van der Waals surface area contributed by atoms with E-state index < -0.39 is 8.07 Å². The van der Waals surface area contributed by atoms with Gasteiger partial charge in [-0.25, -0.2) is 4.39 Å². The van der Waals surface area contributed by atoms with Crippen molar-refractivity contribution in [1.29, 1.82) is 0 Å². The molecule has 0 aliphatic rings. The molecule has 7 heteroatoms. The number of ether oxygens (including phenoxy) is 1. The predicted octanol–water partition coefficient (Wildman–Crippen LogP) is 4.14. The maximum absolute atomic E-state index is 14.0. The quantitative estimate of drug-likeness (QED) is 0.432. The summed E-state index contributed by atoms with van der Waals surface area (Å²) in [5.41, 5.74) is 0.403. The highest BCUT2D eigenvalue weighted by Gasteiger charge is 2.17. The number of hydrogen-bond acceptors (Lipinski definition) is 3. The Morgan fingerprint density at radius 1 is 1.23 bits per heavy atom. The Balaban J connectivity index is 2.16. The SMILES string of the molecule is C[Si](C)(C)CCOCn1c(CCl)nnc1-c1ccccc1F. The first-order valence-corrected chi connectivity index (χ1v) is 11.5. The summed E-state index contributed by atoms with van der Waals surface area (Å²) in [7, 11) is -1.14. The first kappa shape index (κ1) is 17.1. The van der Waals surface area contributed by atoms with Gasteiger partial charge in [0.15, 0.2) is 5.82 Å². The van der Waals surface area contributed by atoms with E-state index in [-0.39, 0.29) is 18.4 Å². The third kappa shape index (κ3) is 4.38. The lowest BCUT2D eigenvalue weighted by atomic mass is 10.2. The lowest BCUT2D eigenvalue weighted by Crippen LogP contribution is -2.22. The summed E-state index contributed by atoms with van der Waals surface area (Å²) in [4.78, 5) is 0. The Labute approximate surface area is 136 Å². The minimum Gasteiger partial charge on any atom is -0.361 e. The van der Waals surface area contributed by atoms with Gasteiger partial charge in [0.1, 0.15) is 18.4 Å². The summed E-state index contributed by atoms with van der Waals surface area (Å²) < 4.78 is 21.4. The standard InChI is InChI=1S/C15H21ClFN3OSi/c1-22(2,3)9-8-21-11-20-14(10-16)18-19-15(20)12-6-4-5-7-13(12)17/h4-7H,8-11H2,1-3H3. The fourth-order valence-corrected chi connectivity index (χ4v) is 2.90. The molecule has 2 aromatic rings. The van der Waals surface area contributed by atoms with Crippen LogP contribution in [0.2, 0.25) is 25.7 Å². The zero-order valence-electron chi connectivity index (χ0n) is 13.1. The van der Waals surface area contributed by atoms with Gasteiger partial charge < -0.3 is 4.74 Å². The van der Waals surface area contributed by atoms with Crippen molar-refractivity contribution in [2.24, 2.45) is 0 Å². The molecule has 0 N–H and O–H groups in total. The molecular formula is C15H21ClFN3OSi. The van der Waals surface area contributed by atoms with Crippen LogP contribution in [0.3, 0.4) is 0 Å². The van der Waals surface area contributed by atoms with E-state index in [0.29, 0.717) is 23.8 Å². The Bertz CT molecular complexity index is 627. The summed E-state index contributed by atoms with van der Waals surface area (Å²) in [6, 6.07) is 7.56. The number of hydrogen-bond donors (Lipinski definition) is 0. The van der Waals surface area contributed by atoms with E-state index in [1.54, 1.807) is 22.8 Å². The lowest BCUT2D eigenvalue weighted by molar-refractivity contribution is 0.0865. The van der Waals surface area contributed by atoms with Gasteiger partial charge >= 0.3 is 0 Å². The van der Waals surface area contributed by atoms with Gasteiger partial charge in [-0.1, -0.05) is 31.8 Å². The van der Waals surface area contributed by atoms with Crippen LogP contribution in [0.4, 0.5) is 4.39 Å². The van der Waals surface area contributed by atoms with Crippen LogP contribution in [-0.4, -0.2) is 29.4 Å². The number of aromatic nitrogens is 3. The van der Waals surface area contributed by atoms with Crippen molar-refractivity contribution < 1.29 is 9.13 Å². The second-order valence-electron chi connectivity index (χ2n) is 6.33. The van der Waals surface area contributed by atoms with E-state index in [2.05, 4.69) is 29.8 Å². The molecule has 0 aliphatic carbocycles. The van der Waals surface area contributed by atoms with Crippen LogP contribution in [0.1, 0.15) is 5.82 Å². The van der Waals surface area contributed by atoms with Crippen LogP contribution < -0.4 is 0 Å². The highest BCUT2D eigenvalue weighted by molar-refractivity contribution is 6.76. The minimum absolute atomic E-state index is 0.207. The normalized spacial score (nSPS) is 11.9. The molecule has 0 unspecified atom stereocenters. The van der Waals surface area contributed by atoms with Crippen LogP contribution >= 0.6 is 11.6 Å². The molecule has 1 aromatic heterocycles. The van der Waals surface area contributed by atoms with Crippen molar-refractivity contribution in [2.45, 2.75) is 38.3 Å². The van der Waals surface area contributed by atoms with Gasteiger partial charge in [-0.2, -0.15) is 0 Å². The molecule has 2 rings (SSSR count). The van der Waals surface area contributed by atoms with Crippen molar-refractivity contribution in [2.75, 3.05) is 6.61 Å². The molecule has 0 bridgehead atoms. The molecule has 0 radical (unpaired) electrons. The van der Waals surface area contributed by atoms with Crippen LogP contribution in [0.25, 0.3) is 11.4 Å². The molecule has 1 heterocycles. The molecular weight excluding hydrogens is 321 g/mol. The smallest absolute Gasteiger partial charge is 0.168 e. The molecule has 0 amide bonds. The second-order valence-corrected chi connectivity index (χ2v) is 12.2. The zero-order valence-corrected chi connectivity index (χ0v) is 14.9. The number of alkyl halides is 1. The first-order valence-electron chi connectivity index (χ1n) is 7.23. The maximum Gasteiger partial charge on any atom is 0.168 e. The first-order chi connectivity index (χ1) is 10.4. The van der Waals surface area contributed by atoms with Gasteiger partial charge in [0.25, 0.3) is 0 Å². The summed E-state index contributed by atoms with van der Waals surface area (Å²) in [5, 5.41) is 8.09. The van der Waals surface area contributed by atoms with Crippen LogP contribution in [0.15, 0.2) is 24.3 Å².